The first-order valence-corrected chi connectivity index (χ1v) is 6.75. The number of aryl methyl sites for hydroxylation is 1. The highest BCUT2D eigenvalue weighted by molar-refractivity contribution is 5.26. The van der Waals surface area contributed by atoms with Crippen molar-refractivity contribution in [2.24, 2.45) is 0 Å². The smallest absolute Gasteiger partial charge is 0.0604 e. The lowest BCUT2D eigenvalue weighted by Gasteiger charge is -2.35. The lowest BCUT2D eigenvalue weighted by Crippen LogP contribution is -2.45. The molecule has 0 atom stereocenters. The molecule has 0 aromatic heterocycles. The summed E-state index contributed by atoms with van der Waals surface area (Å²) in [7, 11) is 0. The topological polar surface area (TPSA) is 21.3 Å². The fourth-order valence-electron chi connectivity index (χ4n) is 2.43. The fraction of sp³-hybridized carbons (Fsp3) is 0.600. The van der Waals surface area contributed by atoms with Crippen LogP contribution in [0.4, 0.5) is 0 Å². The Hall–Kier alpha value is -0.860. The summed E-state index contributed by atoms with van der Waals surface area (Å²) in [6, 6.07) is 9.35. The van der Waals surface area contributed by atoms with Crippen molar-refractivity contribution in [1.29, 1.82) is 0 Å². The van der Waals surface area contributed by atoms with Crippen LogP contribution in [-0.4, -0.2) is 18.8 Å². The molecule has 1 aliphatic carbocycles. The Kier molecular flexibility index (Phi) is 4.57. The largest absolute Gasteiger partial charge is 0.378 e. The van der Waals surface area contributed by atoms with E-state index >= 15 is 0 Å². The van der Waals surface area contributed by atoms with Gasteiger partial charge in [-0.2, -0.15) is 0 Å². The number of nitrogens with one attached hydrogen (secondary N) is 1. The van der Waals surface area contributed by atoms with E-state index in [4.69, 9.17) is 4.74 Å². The van der Waals surface area contributed by atoms with E-state index in [9.17, 15) is 0 Å². The van der Waals surface area contributed by atoms with E-state index in [1.807, 2.05) is 0 Å². The lowest BCUT2D eigenvalue weighted by molar-refractivity contribution is -0.0102. The van der Waals surface area contributed by atoms with Crippen LogP contribution in [0.5, 0.6) is 0 Å². The molecule has 2 nitrogen and oxygen atoms in total. The summed E-state index contributed by atoms with van der Waals surface area (Å²) in [4.78, 5) is 0. The first-order chi connectivity index (χ1) is 8.33. The minimum atomic E-state index is 0.499. The first-order valence-electron chi connectivity index (χ1n) is 6.75. The number of hydrogen-bond acceptors (Lipinski definition) is 2. The van der Waals surface area contributed by atoms with E-state index in [0.29, 0.717) is 12.1 Å². The molecule has 1 fully saturated rings. The summed E-state index contributed by atoms with van der Waals surface area (Å²) in [5.74, 6) is 0. The van der Waals surface area contributed by atoms with E-state index in [2.05, 4.69) is 43.4 Å². The van der Waals surface area contributed by atoms with Crippen molar-refractivity contribution in [1.82, 2.24) is 5.32 Å². The van der Waals surface area contributed by atoms with Crippen LogP contribution in [0.1, 0.15) is 37.8 Å². The molecule has 1 saturated carbocycles. The predicted molar refractivity (Wildman–Crippen MR) is 71.1 cm³/mol. The van der Waals surface area contributed by atoms with E-state index in [0.717, 1.165) is 19.6 Å². The first kappa shape index (κ1) is 12.6. The van der Waals surface area contributed by atoms with Gasteiger partial charge in [0.1, 0.15) is 0 Å². The van der Waals surface area contributed by atoms with Crippen molar-refractivity contribution in [3.8, 4) is 0 Å². The molecule has 0 unspecified atom stereocenters. The second kappa shape index (κ2) is 6.18. The van der Waals surface area contributed by atoms with Gasteiger partial charge in [0.05, 0.1) is 6.10 Å². The number of benzene rings is 1. The highest BCUT2D eigenvalue weighted by Gasteiger charge is 2.28. The summed E-state index contributed by atoms with van der Waals surface area (Å²) >= 11 is 0. The summed E-state index contributed by atoms with van der Waals surface area (Å²) in [5, 5.41) is 3.62. The molecule has 1 aromatic carbocycles. The minimum Gasteiger partial charge on any atom is -0.378 e. The maximum absolute atomic E-state index is 5.56. The van der Waals surface area contributed by atoms with Gasteiger partial charge < -0.3 is 10.1 Å². The van der Waals surface area contributed by atoms with Crippen molar-refractivity contribution in [2.75, 3.05) is 6.61 Å². The minimum absolute atomic E-state index is 0.499. The molecule has 0 radical (unpaired) electrons. The van der Waals surface area contributed by atoms with Gasteiger partial charge in [0.15, 0.2) is 0 Å². The fourth-order valence-corrected chi connectivity index (χ4v) is 2.43. The maximum atomic E-state index is 5.56. The lowest BCUT2D eigenvalue weighted by atomic mass is 9.89. The third-order valence-electron chi connectivity index (χ3n) is 3.58. The van der Waals surface area contributed by atoms with Crippen LogP contribution in [0, 0.1) is 0 Å². The highest BCUT2D eigenvalue weighted by atomic mass is 16.5. The van der Waals surface area contributed by atoms with Gasteiger partial charge in [0, 0.05) is 19.2 Å². The number of ether oxygens (including phenoxy) is 1. The van der Waals surface area contributed by atoms with Crippen molar-refractivity contribution >= 4 is 0 Å². The highest BCUT2D eigenvalue weighted by Crippen LogP contribution is 2.23. The molecule has 0 spiro atoms. The predicted octanol–water partition coefficient (Wildman–Crippen LogP) is 2.91. The average Bonchev–Trinajstić information content (AvgIpc) is 2.32. The van der Waals surface area contributed by atoms with Crippen LogP contribution < -0.4 is 5.32 Å². The Morgan fingerprint density at radius 2 is 1.88 bits per heavy atom. The standard InChI is InChI=1S/C15H23NO/c1-3-12-7-5-6-8-13(12)11-16-14-9-15(10-14)17-4-2/h5-8,14-16H,3-4,9-11H2,1-2H3. The van der Waals surface area contributed by atoms with Gasteiger partial charge in [-0.15, -0.1) is 0 Å². The van der Waals surface area contributed by atoms with Gasteiger partial charge in [-0.1, -0.05) is 31.2 Å². The summed E-state index contributed by atoms with van der Waals surface area (Å²) in [6.45, 7) is 6.12. The third-order valence-corrected chi connectivity index (χ3v) is 3.58. The average molecular weight is 233 g/mol. The van der Waals surface area contributed by atoms with Gasteiger partial charge >= 0.3 is 0 Å². The normalized spacial score (nSPS) is 23.4. The van der Waals surface area contributed by atoms with Crippen molar-refractivity contribution in [3.63, 3.8) is 0 Å². The second-order valence-electron chi connectivity index (χ2n) is 4.75. The van der Waals surface area contributed by atoms with Crippen molar-refractivity contribution in [3.05, 3.63) is 35.4 Å². The van der Waals surface area contributed by atoms with Crippen LogP contribution in [0.25, 0.3) is 0 Å². The van der Waals surface area contributed by atoms with Crippen molar-refractivity contribution < 1.29 is 4.74 Å². The van der Waals surface area contributed by atoms with Gasteiger partial charge in [0.2, 0.25) is 0 Å². The molecular formula is C15H23NO. The molecule has 0 aliphatic heterocycles. The molecule has 17 heavy (non-hydrogen) atoms. The van der Waals surface area contributed by atoms with Gasteiger partial charge in [-0.05, 0) is 37.3 Å². The summed E-state index contributed by atoms with van der Waals surface area (Å²) in [5.41, 5.74) is 2.90. The summed E-state index contributed by atoms with van der Waals surface area (Å²) in [6.07, 6.45) is 3.95. The van der Waals surface area contributed by atoms with E-state index in [1.54, 1.807) is 0 Å². The molecule has 0 heterocycles. The van der Waals surface area contributed by atoms with Crippen LogP contribution in [-0.2, 0) is 17.7 Å². The van der Waals surface area contributed by atoms with Crippen LogP contribution in [0.3, 0.4) is 0 Å². The molecule has 0 amide bonds. The zero-order chi connectivity index (χ0) is 12.1. The van der Waals surface area contributed by atoms with Crippen LogP contribution in [0.15, 0.2) is 24.3 Å². The maximum Gasteiger partial charge on any atom is 0.0604 e. The molecular weight excluding hydrogens is 210 g/mol. The van der Waals surface area contributed by atoms with E-state index < -0.39 is 0 Å². The molecule has 94 valence electrons. The number of rotatable bonds is 6. The Morgan fingerprint density at radius 3 is 2.53 bits per heavy atom. The summed E-state index contributed by atoms with van der Waals surface area (Å²) < 4.78 is 5.56. The molecule has 0 bridgehead atoms. The second-order valence-corrected chi connectivity index (χ2v) is 4.75. The zero-order valence-electron chi connectivity index (χ0n) is 10.9. The molecule has 1 aliphatic rings. The Bertz CT molecular complexity index is 345. The van der Waals surface area contributed by atoms with Gasteiger partial charge in [0.25, 0.3) is 0 Å². The quantitative estimate of drug-likeness (QED) is 0.815. The van der Waals surface area contributed by atoms with Gasteiger partial charge in [-0.25, -0.2) is 0 Å². The molecule has 0 saturated heterocycles. The Balaban J connectivity index is 1.75. The molecule has 1 N–H and O–H groups in total. The SMILES string of the molecule is CCOC1CC(NCc2ccccc2CC)C1. The van der Waals surface area contributed by atoms with Gasteiger partial charge in [-0.3, -0.25) is 0 Å². The molecule has 2 rings (SSSR count). The number of hydrogen-bond donors (Lipinski definition) is 1. The third kappa shape index (κ3) is 3.30. The van der Waals surface area contributed by atoms with Crippen molar-refractivity contribution in [2.45, 2.75) is 51.8 Å². The molecule has 2 heteroatoms. The Morgan fingerprint density at radius 1 is 1.18 bits per heavy atom. The monoisotopic (exact) mass is 233 g/mol. The van der Waals surface area contributed by atoms with Crippen LogP contribution >= 0.6 is 0 Å². The van der Waals surface area contributed by atoms with E-state index in [-0.39, 0.29) is 0 Å². The van der Waals surface area contributed by atoms with E-state index in [1.165, 1.54) is 24.0 Å². The molecule has 1 aromatic rings. The van der Waals surface area contributed by atoms with Crippen LogP contribution in [0.2, 0.25) is 0 Å². The Labute approximate surface area is 104 Å². The zero-order valence-corrected chi connectivity index (χ0v) is 10.9.